The summed E-state index contributed by atoms with van der Waals surface area (Å²) in [5.74, 6) is 0.670. The molecule has 5 heteroatoms. The lowest BCUT2D eigenvalue weighted by molar-refractivity contribution is 0.0914. The third-order valence-corrected chi connectivity index (χ3v) is 3.63. The highest BCUT2D eigenvalue weighted by atomic mass is 16.5. The van der Waals surface area contributed by atoms with Gasteiger partial charge < -0.3 is 15.2 Å². The zero-order chi connectivity index (χ0) is 17.5. The van der Waals surface area contributed by atoms with Crippen LogP contribution in [0.1, 0.15) is 22.0 Å². The molecule has 2 N–H and O–H groups in total. The van der Waals surface area contributed by atoms with Crippen molar-refractivity contribution in [3.63, 3.8) is 0 Å². The van der Waals surface area contributed by atoms with Crippen LogP contribution >= 0.6 is 0 Å². The van der Waals surface area contributed by atoms with Crippen LogP contribution in [0.3, 0.4) is 0 Å². The molecule has 2 aromatic carbocycles. The lowest BCUT2D eigenvalue weighted by Crippen LogP contribution is -2.28. The van der Waals surface area contributed by atoms with E-state index < -0.39 is 6.10 Å². The van der Waals surface area contributed by atoms with E-state index in [0.717, 1.165) is 5.56 Å². The van der Waals surface area contributed by atoms with E-state index >= 15 is 0 Å². The van der Waals surface area contributed by atoms with Crippen molar-refractivity contribution in [1.82, 2.24) is 10.3 Å². The average molecular weight is 334 g/mol. The quantitative estimate of drug-likeness (QED) is 0.725. The molecule has 3 aromatic rings. The molecule has 0 saturated carbocycles. The Hall–Kier alpha value is -3.18. The first kappa shape index (κ1) is 16.7. The topological polar surface area (TPSA) is 71.5 Å². The predicted molar refractivity (Wildman–Crippen MR) is 94.5 cm³/mol. The van der Waals surface area contributed by atoms with E-state index in [1.165, 1.54) is 0 Å². The monoisotopic (exact) mass is 334 g/mol. The summed E-state index contributed by atoms with van der Waals surface area (Å²) in [6, 6.07) is 19.7. The number of para-hydroxylation sites is 1. The number of carbonyl (C=O) groups is 1. The van der Waals surface area contributed by atoms with Gasteiger partial charge in [0.25, 0.3) is 5.91 Å². The van der Waals surface area contributed by atoms with E-state index in [9.17, 15) is 9.90 Å². The van der Waals surface area contributed by atoms with Crippen LogP contribution in [0.5, 0.6) is 11.5 Å². The summed E-state index contributed by atoms with van der Waals surface area (Å²) in [6.07, 6.45) is 2.46. The van der Waals surface area contributed by atoms with Gasteiger partial charge in [-0.05, 0) is 29.8 Å². The Morgan fingerprint density at radius 2 is 1.80 bits per heavy atom. The van der Waals surface area contributed by atoms with Crippen LogP contribution in [0.25, 0.3) is 0 Å². The summed E-state index contributed by atoms with van der Waals surface area (Å²) in [5, 5.41) is 12.9. The highest BCUT2D eigenvalue weighted by Crippen LogP contribution is 2.24. The summed E-state index contributed by atoms with van der Waals surface area (Å²) in [7, 11) is 0. The molecule has 1 unspecified atom stereocenters. The molecule has 1 atom stereocenters. The number of aliphatic hydroxyl groups excluding tert-OH is 1. The molecule has 126 valence electrons. The molecule has 25 heavy (non-hydrogen) atoms. The smallest absolute Gasteiger partial charge is 0.255 e. The van der Waals surface area contributed by atoms with Crippen LogP contribution in [0.2, 0.25) is 0 Å². The molecular formula is C20H18N2O3. The first-order valence-corrected chi connectivity index (χ1v) is 7.92. The van der Waals surface area contributed by atoms with Crippen LogP contribution in [0, 0.1) is 0 Å². The third-order valence-electron chi connectivity index (χ3n) is 3.63. The van der Waals surface area contributed by atoms with E-state index in [-0.39, 0.29) is 12.5 Å². The number of nitrogens with one attached hydrogen (secondary N) is 1. The number of aliphatic hydroxyl groups is 1. The number of pyridine rings is 1. The van der Waals surface area contributed by atoms with Crippen LogP contribution in [0.15, 0.2) is 79.1 Å². The van der Waals surface area contributed by atoms with E-state index in [2.05, 4.69) is 10.3 Å². The molecule has 0 spiro atoms. The number of rotatable bonds is 6. The van der Waals surface area contributed by atoms with Crippen molar-refractivity contribution in [2.75, 3.05) is 6.54 Å². The highest BCUT2D eigenvalue weighted by molar-refractivity contribution is 5.97. The number of benzene rings is 2. The van der Waals surface area contributed by atoms with E-state index in [4.69, 9.17) is 4.74 Å². The van der Waals surface area contributed by atoms with Gasteiger partial charge >= 0.3 is 0 Å². The average Bonchev–Trinajstić information content (AvgIpc) is 2.68. The molecule has 0 radical (unpaired) electrons. The minimum absolute atomic E-state index is 0.115. The SMILES string of the molecule is O=C(NCC(O)c1ccccc1)c1ccccc1Oc1cccnc1. The minimum Gasteiger partial charge on any atom is -0.455 e. The van der Waals surface area contributed by atoms with Crippen molar-refractivity contribution >= 4 is 5.91 Å². The van der Waals surface area contributed by atoms with E-state index in [1.807, 2.05) is 30.3 Å². The molecule has 0 aliphatic carbocycles. The second-order valence-corrected chi connectivity index (χ2v) is 5.42. The van der Waals surface area contributed by atoms with Gasteiger partial charge in [-0.2, -0.15) is 0 Å². The Morgan fingerprint density at radius 3 is 2.56 bits per heavy atom. The molecule has 1 amide bonds. The molecule has 0 aliphatic heterocycles. The number of nitrogens with zero attached hydrogens (tertiary/aromatic N) is 1. The summed E-state index contributed by atoms with van der Waals surface area (Å²) in [4.78, 5) is 16.5. The molecule has 1 heterocycles. The minimum atomic E-state index is -0.767. The van der Waals surface area contributed by atoms with Gasteiger partial charge in [-0.1, -0.05) is 42.5 Å². The Balaban J connectivity index is 1.68. The first-order chi connectivity index (χ1) is 12.2. The largest absolute Gasteiger partial charge is 0.455 e. The van der Waals surface area contributed by atoms with Crippen molar-refractivity contribution in [1.29, 1.82) is 0 Å². The Morgan fingerprint density at radius 1 is 1.04 bits per heavy atom. The maximum absolute atomic E-state index is 12.5. The van der Waals surface area contributed by atoms with Crippen molar-refractivity contribution in [2.24, 2.45) is 0 Å². The zero-order valence-corrected chi connectivity index (χ0v) is 13.5. The second kappa shape index (κ2) is 8.08. The standard InChI is InChI=1S/C20H18N2O3/c23-18(15-7-2-1-3-8-15)14-22-20(24)17-10-4-5-11-19(17)25-16-9-6-12-21-13-16/h1-13,18,23H,14H2,(H,22,24). The van der Waals surface area contributed by atoms with Crippen molar-refractivity contribution in [3.8, 4) is 11.5 Å². The van der Waals surface area contributed by atoms with E-state index in [1.54, 1.807) is 48.8 Å². The van der Waals surface area contributed by atoms with Crippen molar-refractivity contribution in [3.05, 3.63) is 90.3 Å². The number of ether oxygens (including phenoxy) is 1. The molecule has 1 aromatic heterocycles. The molecule has 0 saturated heterocycles. The fourth-order valence-corrected chi connectivity index (χ4v) is 2.36. The highest BCUT2D eigenvalue weighted by Gasteiger charge is 2.15. The number of carbonyl (C=O) groups excluding carboxylic acids is 1. The fourth-order valence-electron chi connectivity index (χ4n) is 2.36. The zero-order valence-electron chi connectivity index (χ0n) is 13.5. The van der Waals surface area contributed by atoms with Crippen molar-refractivity contribution < 1.29 is 14.6 Å². The number of hydrogen-bond donors (Lipinski definition) is 2. The van der Waals surface area contributed by atoms with Crippen LogP contribution in [-0.2, 0) is 0 Å². The lowest BCUT2D eigenvalue weighted by Gasteiger charge is -2.14. The van der Waals surface area contributed by atoms with Gasteiger partial charge in [0.2, 0.25) is 0 Å². The number of hydrogen-bond acceptors (Lipinski definition) is 4. The summed E-state index contributed by atoms with van der Waals surface area (Å²) >= 11 is 0. The Kier molecular flexibility index (Phi) is 5.39. The molecule has 0 aliphatic rings. The summed E-state index contributed by atoms with van der Waals surface area (Å²) in [5.41, 5.74) is 1.15. The summed E-state index contributed by atoms with van der Waals surface area (Å²) in [6.45, 7) is 0.115. The van der Waals surface area contributed by atoms with Gasteiger partial charge in [0, 0.05) is 12.7 Å². The van der Waals surface area contributed by atoms with Crippen LogP contribution < -0.4 is 10.1 Å². The maximum Gasteiger partial charge on any atom is 0.255 e. The van der Waals surface area contributed by atoms with Gasteiger partial charge in [0.1, 0.15) is 11.5 Å². The molecule has 3 rings (SSSR count). The fraction of sp³-hybridized carbons (Fsp3) is 0.100. The Bertz CT molecular complexity index is 823. The van der Waals surface area contributed by atoms with Crippen LogP contribution in [-0.4, -0.2) is 22.5 Å². The third kappa shape index (κ3) is 4.43. The van der Waals surface area contributed by atoms with Gasteiger partial charge in [0.05, 0.1) is 17.9 Å². The number of amides is 1. The van der Waals surface area contributed by atoms with E-state index in [0.29, 0.717) is 17.1 Å². The van der Waals surface area contributed by atoms with Gasteiger partial charge in [-0.3, -0.25) is 9.78 Å². The van der Waals surface area contributed by atoms with Gasteiger partial charge in [-0.25, -0.2) is 0 Å². The normalized spacial score (nSPS) is 11.6. The van der Waals surface area contributed by atoms with Gasteiger partial charge in [0.15, 0.2) is 0 Å². The molecule has 0 fully saturated rings. The predicted octanol–water partition coefficient (Wildman–Crippen LogP) is 3.34. The molecule has 0 bridgehead atoms. The Labute approximate surface area is 145 Å². The second-order valence-electron chi connectivity index (χ2n) is 5.42. The van der Waals surface area contributed by atoms with Gasteiger partial charge in [-0.15, -0.1) is 0 Å². The first-order valence-electron chi connectivity index (χ1n) is 7.92. The maximum atomic E-state index is 12.5. The summed E-state index contributed by atoms with van der Waals surface area (Å²) < 4.78 is 5.74. The van der Waals surface area contributed by atoms with Crippen molar-refractivity contribution in [2.45, 2.75) is 6.10 Å². The molecule has 5 nitrogen and oxygen atoms in total. The molecular weight excluding hydrogens is 316 g/mol. The van der Waals surface area contributed by atoms with Crippen LogP contribution in [0.4, 0.5) is 0 Å². The lowest BCUT2D eigenvalue weighted by atomic mass is 10.1. The number of aromatic nitrogens is 1.